The standard InChI is InChI=1S/C16H12Cl2N2O5/c17-13(10-4-2-1-3-5-10)16(18,15(22)23)19-14(21)11-6-8-12(9-7-11)20(24)25/h1-9,13H,(H,19,21)(H,22,23). The van der Waals surface area contributed by atoms with Crippen LogP contribution in [0.3, 0.4) is 0 Å². The third-order valence-corrected chi connectivity index (χ3v) is 4.55. The van der Waals surface area contributed by atoms with Crippen molar-refractivity contribution in [1.82, 2.24) is 5.32 Å². The lowest BCUT2D eigenvalue weighted by Gasteiger charge is -2.28. The third-order valence-electron chi connectivity index (χ3n) is 3.39. The first kappa shape index (κ1) is 18.7. The second kappa shape index (κ2) is 7.50. The molecule has 0 bridgehead atoms. The van der Waals surface area contributed by atoms with E-state index in [-0.39, 0.29) is 11.3 Å². The van der Waals surface area contributed by atoms with Crippen LogP contribution in [0.2, 0.25) is 0 Å². The van der Waals surface area contributed by atoms with Crippen molar-refractivity contribution < 1.29 is 19.6 Å². The van der Waals surface area contributed by atoms with E-state index in [9.17, 15) is 24.8 Å². The Bertz CT molecular complexity index is 798. The van der Waals surface area contributed by atoms with Crippen molar-refractivity contribution in [3.8, 4) is 0 Å². The first-order chi connectivity index (χ1) is 11.8. The van der Waals surface area contributed by atoms with Crippen molar-refractivity contribution in [2.45, 2.75) is 10.4 Å². The number of carbonyl (C=O) groups is 2. The normalized spacial score (nSPS) is 14.2. The molecule has 9 heteroatoms. The van der Waals surface area contributed by atoms with Gasteiger partial charge in [0, 0.05) is 17.7 Å². The first-order valence-corrected chi connectivity index (χ1v) is 7.75. The van der Waals surface area contributed by atoms with E-state index < -0.39 is 27.2 Å². The van der Waals surface area contributed by atoms with E-state index in [0.717, 1.165) is 12.1 Å². The van der Waals surface area contributed by atoms with Gasteiger partial charge in [0.05, 0.1) is 4.92 Å². The van der Waals surface area contributed by atoms with Crippen LogP contribution in [0.4, 0.5) is 5.69 Å². The average molecular weight is 383 g/mol. The summed E-state index contributed by atoms with van der Waals surface area (Å²) in [5, 5.41) is 21.0. The van der Waals surface area contributed by atoms with Gasteiger partial charge in [-0.25, -0.2) is 4.79 Å². The van der Waals surface area contributed by atoms with E-state index in [2.05, 4.69) is 5.32 Å². The molecular weight excluding hydrogens is 371 g/mol. The van der Waals surface area contributed by atoms with E-state index in [4.69, 9.17) is 23.2 Å². The van der Waals surface area contributed by atoms with E-state index >= 15 is 0 Å². The summed E-state index contributed by atoms with van der Waals surface area (Å²) in [7, 11) is 0. The van der Waals surface area contributed by atoms with Gasteiger partial charge in [-0.3, -0.25) is 14.9 Å². The van der Waals surface area contributed by atoms with Gasteiger partial charge in [0.25, 0.3) is 11.6 Å². The fourth-order valence-corrected chi connectivity index (χ4v) is 2.55. The number of hydrogen-bond acceptors (Lipinski definition) is 4. The smallest absolute Gasteiger partial charge is 0.347 e. The topological polar surface area (TPSA) is 110 Å². The second-order valence-corrected chi connectivity index (χ2v) is 6.08. The number of carboxylic acid groups (broad SMARTS) is 1. The summed E-state index contributed by atoms with van der Waals surface area (Å²) in [6, 6.07) is 12.8. The molecule has 0 fully saturated rings. The SMILES string of the molecule is O=C(NC(Cl)(C(=O)O)C(Cl)c1ccccc1)c1ccc([N+](=O)[O-])cc1. The summed E-state index contributed by atoms with van der Waals surface area (Å²) < 4.78 is 0. The van der Waals surface area contributed by atoms with Gasteiger partial charge in [0.1, 0.15) is 5.38 Å². The summed E-state index contributed by atoms with van der Waals surface area (Å²) in [6.07, 6.45) is 0. The highest BCUT2D eigenvalue weighted by atomic mass is 35.5. The summed E-state index contributed by atoms with van der Waals surface area (Å²) in [5.41, 5.74) is 0.214. The molecule has 0 saturated carbocycles. The molecule has 2 N–H and O–H groups in total. The van der Waals surface area contributed by atoms with E-state index in [0.29, 0.717) is 5.56 Å². The molecule has 0 aliphatic heterocycles. The lowest BCUT2D eigenvalue weighted by atomic mass is 10.0. The molecule has 0 radical (unpaired) electrons. The van der Waals surface area contributed by atoms with Crippen LogP contribution in [0, 0.1) is 10.1 Å². The summed E-state index contributed by atoms with van der Waals surface area (Å²) in [4.78, 5) is 31.6. The molecule has 25 heavy (non-hydrogen) atoms. The minimum Gasteiger partial charge on any atom is -0.479 e. The number of hydrogen-bond donors (Lipinski definition) is 2. The van der Waals surface area contributed by atoms with Crippen LogP contribution >= 0.6 is 23.2 Å². The van der Waals surface area contributed by atoms with Crippen molar-refractivity contribution in [2.75, 3.05) is 0 Å². The van der Waals surface area contributed by atoms with Gasteiger partial charge in [-0.05, 0) is 17.7 Å². The number of carboxylic acids is 1. The number of nitro groups is 1. The number of rotatable bonds is 6. The molecule has 0 aromatic heterocycles. The maximum atomic E-state index is 12.3. The van der Waals surface area contributed by atoms with Crippen LogP contribution in [-0.4, -0.2) is 26.9 Å². The Morgan fingerprint density at radius 2 is 1.68 bits per heavy atom. The highest BCUT2D eigenvalue weighted by Gasteiger charge is 2.46. The highest BCUT2D eigenvalue weighted by molar-refractivity contribution is 6.40. The Hall–Kier alpha value is -2.64. The largest absolute Gasteiger partial charge is 0.479 e. The summed E-state index contributed by atoms with van der Waals surface area (Å²) >= 11 is 12.3. The zero-order valence-corrected chi connectivity index (χ0v) is 14.1. The Morgan fingerprint density at radius 1 is 1.12 bits per heavy atom. The van der Waals surface area contributed by atoms with Gasteiger partial charge in [-0.1, -0.05) is 41.9 Å². The molecule has 130 valence electrons. The minimum absolute atomic E-state index is 0.00815. The molecular formula is C16H12Cl2N2O5. The van der Waals surface area contributed by atoms with E-state index in [1.807, 2.05) is 0 Å². The molecule has 2 rings (SSSR count). The molecule has 7 nitrogen and oxygen atoms in total. The van der Waals surface area contributed by atoms with Gasteiger partial charge in [-0.15, -0.1) is 11.6 Å². The lowest BCUT2D eigenvalue weighted by molar-refractivity contribution is -0.384. The van der Waals surface area contributed by atoms with Crippen molar-refractivity contribution in [2.24, 2.45) is 0 Å². The number of nitro benzene ring substituents is 1. The molecule has 0 spiro atoms. The molecule has 0 heterocycles. The number of benzene rings is 2. The van der Waals surface area contributed by atoms with Crippen molar-refractivity contribution in [3.63, 3.8) is 0 Å². The van der Waals surface area contributed by atoms with E-state index in [1.165, 1.54) is 12.1 Å². The molecule has 2 aromatic carbocycles. The van der Waals surface area contributed by atoms with E-state index in [1.54, 1.807) is 30.3 Å². The fraction of sp³-hybridized carbons (Fsp3) is 0.125. The summed E-state index contributed by atoms with van der Waals surface area (Å²) in [5.74, 6) is -2.36. The number of nitrogens with one attached hydrogen (secondary N) is 1. The number of halogens is 2. The van der Waals surface area contributed by atoms with Crippen molar-refractivity contribution >= 4 is 40.8 Å². The molecule has 0 aliphatic rings. The Labute approximate surface area is 152 Å². The number of aliphatic carboxylic acids is 1. The van der Waals surface area contributed by atoms with Gasteiger partial charge in [0.2, 0.25) is 5.00 Å². The summed E-state index contributed by atoms with van der Waals surface area (Å²) in [6.45, 7) is 0. The predicted molar refractivity (Wildman–Crippen MR) is 91.8 cm³/mol. The Morgan fingerprint density at radius 3 is 2.16 bits per heavy atom. The predicted octanol–water partition coefficient (Wildman–Crippen LogP) is 3.32. The monoisotopic (exact) mass is 382 g/mol. The number of carbonyl (C=O) groups excluding carboxylic acids is 1. The van der Waals surface area contributed by atoms with Gasteiger partial charge < -0.3 is 10.4 Å². The number of nitrogens with zero attached hydrogens (tertiary/aromatic N) is 1. The van der Waals surface area contributed by atoms with Gasteiger partial charge in [-0.2, -0.15) is 0 Å². The zero-order chi connectivity index (χ0) is 18.6. The Kier molecular flexibility index (Phi) is 5.61. The van der Waals surface area contributed by atoms with Crippen LogP contribution in [0.15, 0.2) is 54.6 Å². The van der Waals surface area contributed by atoms with Gasteiger partial charge >= 0.3 is 5.97 Å². The maximum Gasteiger partial charge on any atom is 0.347 e. The second-order valence-electron chi connectivity index (χ2n) is 5.05. The highest BCUT2D eigenvalue weighted by Crippen LogP contribution is 2.36. The zero-order valence-electron chi connectivity index (χ0n) is 12.6. The Balaban J connectivity index is 2.27. The fourth-order valence-electron chi connectivity index (χ4n) is 2.05. The van der Waals surface area contributed by atoms with Crippen molar-refractivity contribution in [3.05, 3.63) is 75.8 Å². The molecule has 0 aliphatic carbocycles. The maximum absolute atomic E-state index is 12.3. The first-order valence-electron chi connectivity index (χ1n) is 6.94. The van der Waals surface area contributed by atoms with Crippen LogP contribution in [0.5, 0.6) is 0 Å². The van der Waals surface area contributed by atoms with Crippen LogP contribution in [0.1, 0.15) is 21.3 Å². The number of amides is 1. The van der Waals surface area contributed by atoms with Crippen LogP contribution < -0.4 is 5.32 Å². The van der Waals surface area contributed by atoms with Gasteiger partial charge in [0.15, 0.2) is 0 Å². The van der Waals surface area contributed by atoms with Crippen LogP contribution in [0.25, 0.3) is 0 Å². The lowest BCUT2D eigenvalue weighted by Crippen LogP contribution is -2.53. The van der Waals surface area contributed by atoms with Crippen LogP contribution in [-0.2, 0) is 4.79 Å². The molecule has 2 unspecified atom stereocenters. The van der Waals surface area contributed by atoms with Crippen molar-refractivity contribution in [1.29, 1.82) is 0 Å². The molecule has 1 amide bonds. The minimum atomic E-state index is -2.30. The molecule has 0 saturated heterocycles. The third kappa shape index (κ3) is 4.07. The molecule has 2 atom stereocenters. The quantitative estimate of drug-likeness (QED) is 0.344. The number of alkyl halides is 2. The average Bonchev–Trinajstić information content (AvgIpc) is 2.61. The number of non-ortho nitro benzene ring substituents is 1. The molecule has 2 aromatic rings.